The molecule has 3 heterocycles. The Bertz CT molecular complexity index is 1690. The molecule has 0 bridgehead atoms. The molecule has 6 nitrogen and oxygen atoms in total. The van der Waals surface area contributed by atoms with E-state index < -0.39 is 5.92 Å². The number of rotatable bonds is 5. The average molecular weight is 512 g/mol. The lowest BCUT2D eigenvalue weighted by molar-refractivity contribution is -0.115. The summed E-state index contributed by atoms with van der Waals surface area (Å²) in [5.74, 6) is -0.135. The van der Waals surface area contributed by atoms with Crippen molar-refractivity contribution in [2.24, 2.45) is 0 Å². The van der Waals surface area contributed by atoms with Crippen LogP contribution in [0.5, 0.6) is 11.6 Å². The number of aromatic nitrogens is 2. The number of fused-ring (bicyclic) bond motifs is 4. The van der Waals surface area contributed by atoms with Gasteiger partial charge in [-0.05, 0) is 47.9 Å². The van der Waals surface area contributed by atoms with E-state index in [9.17, 15) is 14.0 Å². The third kappa shape index (κ3) is 4.19. The van der Waals surface area contributed by atoms with Gasteiger partial charge in [-0.25, -0.2) is 4.39 Å². The summed E-state index contributed by atoms with van der Waals surface area (Å²) in [6, 6.07) is 21.3. The van der Waals surface area contributed by atoms with Gasteiger partial charge in [-0.1, -0.05) is 49.4 Å². The molecule has 2 aromatic heterocycles. The Labute approximate surface area is 215 Å². The van der Waals surface area contributed by atoms with Gasteiger partial charge in [-0.15, -0.1) is 11.3 Å². The van der Waals surface area contributed by atoms with Gasteiger partial charge in [0.2, 0.25) is 11.8 Å². The summed E-state index contributed by atoms with van der Waals surface area (Å²) in [6.45, 7) is 2.10. The van der Waals surface area contributed by atoms with Crippen molar-refractivity contribution >= 4 is 33.0 Å². The summed E-state index contributed by atoms with van der Waals surface area (Å²) in [5, 5.41) is 3.75. The third-order valence-corrected chi connectivity index (χ3v) is 7.79. The molecule has 3 aromatic carbocycles. The van der Waals surface area contributed by atoms with Gasteiger partial charge in [0.1, 0.15) is 11.6 Å². The standard InChI is InChI=1S/C29H22FN3O3S/c1-2-16-7-6-10-20-25-27(37-26(16)20)23(17-11-13-18(30)14-12-17)24-28(35)32-21(33-29(24)36-25)15-22(34)31-19-8-4-3-5-9-19/h3-14,23H,2,15H2,1H3,(H,31,34)(H,32,33,35). The van der Waals surface area contributed by atoms with Crippen LogP contribution in [0.4, 0.5) is 10.1 Å². The van der Waals surface area contributed by atoms with Crippen LogP contribution in [0, 0.1) is 5.82 Å². The highest BCUT2D eigenvalue weighted by atomic mass is 32.1. The molecule has 5 aromatic rings. The van der Waals surface area contributed by atoms with Crippen molar-refractivity contribution in [3.63, 3.8) is 0 Å². The van der Waals surface area contributed by atoms with Crippen LogP contribution in [0.15, 0.2) is 77.6 Å². The van der Waals surface area contributed by atoms with Crippen LogP contribution in [-0.2, 0) is 17.6 Å². The first-order valence-corrected chi connectivity index (χ1v) is 12.8. The molecule has 6 rings (SSSR count). The molecular weight excluding hydrogens is 489 g/mol. The molecule has 1 atom stereocenters. The van der Waals surface area contributed by atoms with Crippen LogP contribution >= 0.6 is 11.3 Å². The number of carbonyl (C=O) groups excluding carboxylic acids is 1. The summed E-state index contributed by atoms with van der Waals surface area (Å²) in [5.41, 5.74) is 2.55. The van der Waals surface area contributed by atoms with E-state index in [1.54, 1.807) is 35.6 Å². The molecule has 8 heteroatoms. The van der Waals surface area contributed by atoms with Crippen LogP contribution in [0.25, 0.3) is 10.1 Å². The molecule has 0 aliphatic carbocycles. The summed E-state index contributed by atoms with van der Waals surface area (Å²) in [6.07, 6.45) is 0.726. The Kier molecular flexibility index (Phi) is 5.81. The first-order valence-electron chi connectivity index (χ1n) is 12.0. The number of anilines is 1. The van der Waals surface area contributed by atoms with Crippen LogP contribution in [0.3, 0.4) is 0 Å². The fraction of sp³-hybridized carbons (Fsp3) is 0.138. The highest BCUT2D eigenvalue weighted by Gasteiger charge is 2.36. The van der Waals surface area contributed by atoms with Gasteiger partial charge >= 0.3 is 0 Å². The zero-order valence-electron chi connectivity index (χ0n) is 19.9. The third-order valence-electron chi connectivity index (χ3n) is 6.47. The van der Waals surface area contributed by atoms with Crippen LogP contribution in [0.1, 0.15) is 40.2 Å². The van der Waals surface area contributed by atoms with E-state index in [-0.39, 0.29) is 35.4 Å². The molecule has 184 valence electrons. The highest BCUT2D eigenvalue weighted by molar-refractivity contribution is 7.19. The second-order valence-electron chi connectivity index (χ2n) is 8.85. The fourth-order valence-electron chi connectivity index (χ4n) is 4.75. The first-order chi connectivity index (χ1) is 18.0. The van der Waals surface area contributed by atoms with Crippen LogP contribution in [0.2, 0.25) is 0 Å². The number of amides is 1. The van der Waals surface area contributed by atoms with Crippen LogP contribution in [-0.4, -0.2) is 15.9 Å². The van der Waals surface area contributed by atoms with Crippen LogP contribution < -0.4 is 15.6 Å². The minimum Gasteiger partial charge on any atom is -0.437 e. The largest absolute Gasteiger partial charge is 0.437 e. The molecule has 2 N–H and O–H groups in total. The maximum absolute atomic E-state index is 13.8. The first kappa shape index (κ1) is 23.1. The van der Waals surface area contributed by atoms with Crippen molar-refractivity contribution in [2.75, 3.05) is 5.32 Å². The number of benzene rings is 3. The number of para-hydroxylation sites is 1. The van der Waals surface area contributed by atoms with E-state index in [2.05, 4.69) is 28.3 Å². The Morgan fingerprint density at radius 1 is 1.08 bits per heavy atom. The van der Waals surface area contributed by atoms with Crippen molar-refractivity contribution in [3.05, 3.63) is 116 Å². The van der Waals surface area contributed by atoms with E-state index in [1.165, 1.54) is 17.7 Å². The summed E-state index contributed by atoms with van der Waals surface area (Å²) in [7, 11) is 0. The van der Waals surface area contributed by atoms with Gasteiger partial charge in [0.15, 0.2) is 5.75 Å². The van der Waals surface area contributed by atoms with Gasteiger partial charge in [0, 0.05) is 15.8 Å². The van der Waals surface area contributed by atoms with Crippen molar-refractivity contribution in [2.45, 2.75) is 25.7 Å². The number of aromatic amines is 1. The molecule has 1 aliphatic heterocycles. The van der Waals surface area contributed by atoms with Crippen molar-refractivity contribution in [3.8, 4) is 11.6 Å². The number of hydrogen-bond acceptors (Lipinski definition) is 5. The molecule has 0 saturated carbocycles. The van der Waals surface area contributed by atoms with E-state index in [1.807, 2.05) is 30.3 Å². The second kappa shape index (κ2) is 9.29. The SMILES string of the molecule is CCc1cccc2c3c(sc12)C(c1ccc(F)cc1)c1c(nc(CC(=O)Nc2ccccc2)[nH]c1=O)O3. The summed E-state index contributed by atoms with van der Waals surface area (Å²) >= 11 is 1.58. The Morgan fingerprint density at radius 3 is 2.62 bits per heavy atom. The molecule has 1 amide bonds. The lowest BCUT2D eigenvalue weighted by Gasteiger charge is -2.25. The second-order valence-corrected chi connectivity index (χ2v) is 9.90. The highest BCUT2D eigenvalue weighted by Crippen LogP contribution is 2.53. The summed E-state index contributed by atoms with van der Waals surface area (Å²) < 4.78 is 21.2. The minimum atomic E-state index is -0.482. The Balaban J connectivity index is 1.46. The number of ether oxygens (including phenoxy) is 1. The number of H-pyrrole nitrogens is 1. The van der Waals surface area contributed by atoms with E-state index in [0.29, 0.717) is 17.0 Å². The number of aryl methyl sites for hydroxylation is 1. The van der Waals surface area contributed by atoms with E-state index in [4.69, 9.17) is 4.74 Å². The van der Waals surface area contributed by atoms with Crippen molar-refractivity contribution < 1.29 is 13.9 Å². The zero-order chi connectivity index (χ0) is 25.5. The lowest BCUT2D eigenvalue weighted by atomic mass is 9.89. The maximum atomic E-state index is 13.8. The van der Waals surface area contributed by atoms with Gasteiger partial charge in [-0.2, -0.15) is 4.98 Å². The lowest BCUT2D eigenvalue weighted by Crippen LogP contribution is -2.26. The normalized spacial score (nSPS) is 14.1. The molecule has 37 heavy (non-hydrogen) atoms. The van der Waals surface area contributed by atoms with Crippen molar-refractivity contribution in [1.29, 1.82) is 0 Å². The van der Waals surface area contributed by atoms with E-state index >= 15 is 0 Å². The average Bonchev–Trinajstić information content (AvgIpc) is 3.27. The molecule has 0 fully saturated rings. The number of thiophene rings is 1. The monoisotopic (exact) mass is 511 g/mol. The molecule has 0 saturated heterocycles. The predicted molar refractivity (Wildman–Crippen MR) is 142 cm³/mol. The molecule has 1 unspecified atom stereocenters. The fourth-order valence-corrected chi connectivity index (χ4v) is 6.20. The zero-order valence-corrected chi connectivity index (χ0v) is 20.7. The number of hydrogen-bond donors (Lipinski definition) is 2. The Morgan fingerprint density at radius 2 is 1.86 bits per heavy atom. The number of nitrogens with one attached hydrogen (secondary N) is 2. The van der Waals surface area contributed by atoms with Gasteiger partial charge in [0.25, 0.3) is 5.56 Å². The number of nitrogens with zero attached hydrogens (tertiary/aromatic N) is 1. The molecular formula is C29H22FN3O3S. The van der Waals surface area contributed by atoms with Gasteiger partial charge in [-0.3, -0.25) is 9.59 Å². The van der Waals surface area contributed by atoms with Gasteiger partial charge in [0.05, 0.1) is 22.8 Å². The number of halogens is 1. The number of carbonyl (C=O) groups is 1. The van der Waals surface area contributed by atoms with E-state index in [0.717, 1.165) is 26.9 Å². The predicted octanol–water partition coefficient (Wildman–Crippen LogP) is 6.15. The smallest absolute Gasteiger partial charge is 0.258 e. The topological polar surface area (TPSA) is 84.1 Å². The molecule has 1 aliphatic rings. The quantitative estimate of drug-likeness (QED) is 0.291. The maximum Gasteiger partial charge on any atom is 0.258 e. The Hall–Kier alpha value is -4.30. The van der Waals surface area contributed by atoms with Gasteiger partial charge < -0.3 is 15.0 Å². The summed E-state index contributed by atoms with van der Waals surface area (Å²) in [4.78, 5) is 34.3. The molecule has 0 spiro atoms. The molecule has 0 radical (unpaired) electrons. The van der Waals surface area contributed by atoms with Crippen molar-refractivity contribution in [1.82, 2.24) is 9.97 Å². The minimum absolute atomic E-state index is 0.126.